The molecule has 17 heteroatoms. The van der Waals surface area contributed by atoms with Crippen molar-refractivity contribution < 1.29 is 34.6 Å². The van der Waals surface area contributed by atoms with E-state index in [1.807, 2.05) is 0 Å². The molecule has 0 unspecified atom stereocenters. The number of non-ortho nitro benzene ring substituents is 1. The van der Waals surface area contributed by atoms with Gasteiger partial charge in [0.05, 0.1) is 33.2 Å². The van der Waals surface area contributed by atoms with Gasteiger partial charge in [-0.2, -0.15) is 0 Å². The number of aromatic nitrogens is 2. The third-order valence-electron chi connectivity index (χ3n) is 3.99. The van der Waals surface area contributed by atoms with Gasteiger partial charge in [0.1, 0.15) is 6.04 Å². The standard InChI is InChI=1S/C10H16N4O3.C6H3N3O7/c1-14-6-12-5-7(14)4-8(10(16)17)13-9(15)2-3-11;10-6-4(8(13)14)1-3(7(11)12)2-5(6)9(15)16/h5-6,8H,2-4,11H2,1H3,(H,13,15)(H,16,17);1-2,10H/t8-;/m0./s1. The van der Waals surface area contributed by atoms with Crippen LogP contribution >= 0.6 is 0 Å². The van der Waals surface area contributed by atoms with Crippen molar-refractivity contribution in [3.05, 3.63) is 60.7 Å². The Labute approximate surface area is 183 Å². The summed E-state index contributed by atoms with van der Waals surface area (Å²) in [5, 5.41) is 51.6. The van der Waals surface area contributed by atoms with Crippen LogP contribution in [0, 0.1) is 30.3 Å². The van der Waals surface area contributed by atoms with Crippen molar-refractivity contribution in [1.82, 2.24) is 14.9 Å². The summed E-state index contributed by atoms with van der Waals surface area (Å²) < 4.78 is 1.71. The quantitative estimate of drug-likeness (QED) is 0.279. The van der Waals surface area contributed by atoms with Crippen LogP contribution in [0.25, 0.3) is 0 Å². The van der Waals surface area contributed by atoms with E-state index in [4.69, 9.17) is 15.9 Å². The van der Waals surface area contributed by atoms with Crippen molar-refractivity contribution in [3.63, 3.8) is 0 Å². The van der Waals surface area contributed by atoms with Gasteiger partial charge < -0.3 is 25.8 Å². The van der Waals surface area contributed by atoms with Crippen LogP contribution < -0.4 is 11.1 Å². The number of nitrogens with one attached hydrogen (secondary N) is 1. The molecule has 33 heavy (non-hydrogen) atoms. The van der Waals surface area contributed by atoms with Gasteiger partial charge >= 0.3 is 17.3 Å². The summed E-state index contributed by atoms with van der Waals surface area (Å²) in [5.41, 5.74) is 2.96. The highest BCUT2D eigenvalue weighted by Crippen LogP contribution is 2.38. The van der Waals surface area contributed by atoms with Gasteiger partial charge in [-0.1, -0.05) is 0 Å². The average molecular weight is 469 g/mol. The number of carbonyl (C=O) groups is 2. The Morgan fingerprint density at radius 2 is 1.70 bits per heavy atom. The number of amides is 1. The van der Waals surface area contributed by atoms with Gasteiger partial charge in [-0.15, -0.1) is 0 Å². The number of carboxylic acid groups (broad SMARTS) is 1. The van der Waals surface area contributed by atoms with E-state index in [1.165, 1.54) is 0 Å². The first-order valence-electron chi connectivity index (χ1n) is 8.86. The van der Waals surface area contributed by atoms with E-state index >= 15 is 0 Å². The maximum atomic E-state index is 11.3. The predicted molar refractivity (Wildman–Crippen MR) is 108 cm³/mol. The number of hydrogen-bond donors (Lipinski definition) is 4. The lowest BCUT2D eigenvalue weighted by Crippen LogP contribution is -2.43. The Morgan fingerprint density at radius 1 is 1.15 bits per heavy atom. The number of nitrogens with zero attached hydrogens (tertiary/aromatic N) is 5. The second-order valence-corrected chi connectivity index (χ2v) is 6.30. The normalized spacial score (nSPS) is 11.0. The second kappa shape index (κ2) is 11.6. The molecule has 0 spiro atoms. The zero-order valence-corrected chi connectivity index (χ0v) is 17.0. The molecule has 0 saturated carbocycles. The van der Waals surface area contributed by atoms with Crippen LogP contribution in [0.5, 0.6) is 5.75 Å². The van der Waals surface area contributed by atoms with Gasteiger partial charge in [0.2, 0.25) is 5.91 Å². The van der Waals surface area contributed by atoms with Crippen LogP contribution in [0.4, 0.5) is 17.1 Å². The Hall–Kier alpha value is -4.67. The summed E-state index contributed by atoms with van der Waals surface area (Å²) >= 11 is 0. The maximum Gasteiger partial charge on any atom is 0.326 e. The molecule has 1 aromatic heterocycles. The number of carbonyl (C=O) groups excluding carboxylic acids is 1. The van der Waals surface area contributed by atoms with Crippen LogP contribution in [0.15, 0.2) is 24.7 Å². The van der Waals surface area contributed by atoms with Crippen LogP contribution in [-0.4, -0.2) is 59.0 Å². The van der Waals surface area contributed by atoms with Crippen molar-refractivity contribution in [2.45, 2.75) is 18.9 Å². The smallest absolute Gasteiger partial charge is 0.326 e. The zero-order chi connectivity index (χ0) is 25.3. The van der Waals surface area contributed by atoms with Crippen LogP contribution in [0.2, 0.25) is 0 Å². The van der Waals surface area contributed by atoms with Crippen molar-refractivity contribution >= 4 is 28.9 Å². The van der Waals surface area contributed by atoms with E-state index in [2.05, 4.69) is 10.3 Å². The first-order chi connectivity index (χ1) is 15.4. The highest BCUT2D eigenvalue weighted by Gasteiger charge is 2.30. The summed E-state index contributed by atoms with van der Waals surface area (Å²) in [5.74, 6) is -2.64. The number of aromatic hydroxyl groups is 1. The fourth-order valence-corrected chi connectivity index (χ4v) is 2.36. The minimum absolute atomic E-state index is 0.120. The lowest BCUT2D eigenvalue weighted by molar-refractivity contribution is -0.404. The molecule has 1 heterocycles. The highest BCUT2D eigenvalue weighted by atomic mass is 16.6. The van der Waals surface area contributed by atoms with Gasteiger partial charge in [-0.25, -0.2) is 9.78 Å². The molecule has 178 valence electrons. The van der Waals surface area contributed by atoms with E-state index in [1.54, 1.807) is 24.1 Å². The minimum Gasteiger partial charge on any atom is -0.497 e. The highest BCUT2D eigenvalue weighted by molar-refractivity contribution is 5.83. The Balaban J connectivity index is 0.000000331. The van der Waals surface area contributed by atoms with E-state index in [0.29, 0.717) is 12.1 Å². The predicted octanol–water partition coefficient (Wildman–Crippen LogP) is -0.00240. The largest absolute Gasteiger partial charge is 0.497 e. The number of aliphatic carboxylic acids is 1. The molecular weight excluding hydrogens is 450 g/mol. The molecule has 1 atom stereocenters. The molecule has 0 radical (unpaired) electrons. The molecule has 0 bridgehead atoms. The van der Waals surface area contributed by atoms with Crippen molar-refractivity contribution in [2.24, 2.45) is 12.8 Å². The first-order valence-corrected chi connectivity index (χ1v) is 8.86. The van der Waals surface area contributed by atoms with E-state index in [9.17, 15) is 39.9 Å². The molecule has 5 N–H and O–H groups in total. The first kappa shape index (κ1) is 26.4. The van der Waals surface area contributed by atoms with Crippen LogP contribution in [-0.2, 0) is 23.1 Å². The number of imidazole rings is 1. The summed E-state index contributed by atoms with van der Waals surface area (Å²) in [6.45, 7) is 0.198. The van der Waals surface area contributed by atoms with Crippen molar-refractivity contribution in [1.29, 1.82) is 0 Å². The number of phenolic OH excluding ortho intramolecular Hbond substituents is 1. The molecule has 0 aliphatic heterocycles. The van der Waals surface area contributed by atoms with Gasteiger partial charge in [0.15, 0.2) is 0 Å². The summed E-state index contributed by atoms with van der Waals surface area (Å²) in [6.07, 6.45) is 3.47. The number of nitro benzene ring substituents is 3. The number of nitro groups is 3. The van der Waals surface area contributed by atoms with Crippen molar-refractivity contribution in [2.75, 3.05) is 6.54 Å². The summed E-state index contributed by atoms with van der Waals surface area (Å²) in [6, 6.07) is -0.0607. The van der Waals surface area contributed by atoms with Crippen molar-refractivity contribution in [3.8, 4) is 5.75 Å². The average Bonchev–Trinajstić information content (AvgIpc) is 3.12. The molecular formula is C16H19N7O10. The number of benzene rings is 1. The molecule has 2 aromatic rings. The Morgan fingerprint density at radius 3 is 2.06 bits per heavy atom. The lowest BCUT2D eigenvalue weighted by atomic mass is 10.1. The molecule has 0 aliphatic carbocycles. The molecule has 0 saturated heterocycles. The second-order valence-electron chi connectivity index (χ2n) is 6.30. The Kier molecular flexibility index (Phi) is 9.31. The molecule has 1 amide bonds. The summed E-state index contributed by atoms with van der Waals surface area (Å²) in [4.78, 5) is 54.0. The van der Waals surface area contributed by atoms with Gasteiger partial charge in [-0.05, 0) is 0 Å². The minimum atomic E-state index is -1.21. The number of aryl methyl sites for hydroxylation is 1. The fourth-order valence-electron chi connectivity index (χ4n) is 2.36. The third-order valence-corrected chi connectivity index (χ3v) is 3.99. The van der Waals surface area contributed by atoms with Crippen LogP contribution in [0.1, 0.15) is 12.1 Å². The molecule has 17 nitrogen and oxygen atoms in total. The number of carboxylic acids is 1. The van der Waals surface area contributed by atoms with Gasteiger partial charge in [0.25, 0.3) is 11.4 Å². The number of nitrogens with two attached hydrogens (primary N) is 1. The number of hydrogen-bond acceptors (Lipinski definition) is 11. The maximum absolute atomic E-state index is 11.3. The summed E-state index contributed by atoms with van der Waals surface area (Å²) in [7, 11) is 1.77. The molecule has 0 fully saturated rings. The lowest BCUT2D eigenvalue weighted by Gasteiger charge is -2.14. The van der Waals surface area contributed by atoms with E-state index in [0.717, 1.165) is 5.69 Å². The zero-order valence-electron chi connectivity index (χ0n) is 17.0. The molecule has 0 aliphatic rings. The SMILES string of the molecule is Cn1cncc1C[C@H](NC(=O)CCN)C(=O)O.O=[N+]([O-])c1cc([N+](=O)[O-])c(O)c([N+](=O)[O-])c1. The number of phenols is 1. The van der Waals surface area contributed by atoms with Gasteiger partial charge in [0, 0.05) is 38.3 Å². The Bertz CT molecular complexity index is 1030. The third kappa shape index (κ3) is 7.51. The van der Waals surface area contributed by atoms with Crippen LogP contribution in [0.3, 0.4) is 0 Å². The molecule has 1 aromatic carbocycles. The topological polar surface area (TPSA) is 260 Å². The molecule has 2 rings (SSSR count). The monoisotopic (exact) mass is 469 g/mol. The van der Waals surface area contributed by atoms with Gasteiger partial charge in [-0.3, -0.25) is 35.1 Å². The fraction of sp³-hybridized carbons (Fsp3) is 0.312. The van der Waals surface area contributed by atoms with E-state index in [-0.39, 0.29) is 25.3 Å². The van der Waals surface area contributed by atoms with E-state index < -0.39 is 49.6 Å². The number of rotatable bonds is 9.